The molecule has 1 amide bonds. The van der Waals surface area contributed by atoms with Gasteiger partial charge in [-0.25, -0.2) is 0 Å². The SMILES string of the molecule is CC1NCCCC1NC(=O)Cc1coc2cc3c(cc12)CCC3. The Balaban J connectivity index is 1.50. The van der Waals surface area contributed by atoms with Gasteiger partial charge in [0.05, 0.1) is 12.7 Å². The molecule has 0 radical (unpaired) electrons. The summed E-state index contributed by atoms with van der Waals surface area (Å²) in [5, 5.41) is 7.71. The molecule has 0 bridgehead atoms. The van der Waals surface area contributed by atoms with E-state index in [0.717, 1.165) is 48.8 Å². The molecule has 2 N–H and O–H groups in total. The zero-order valence-electron chi connectivity index (χ0n) is 13.7. The van der Waals surface area contributed by atoms with Gasteiger partial charge in [0, 0.05) is 23.0 Å². The number of piperidine rings is 1. The minimum absolute atomic E-state index is 0.0914. The third-order valence-electron chi connectivity index (χ3n) is 5.33. The molecule has 4 nitrogen and oxygen atoms in total. The molecule has 0 spiro atoms. The summed E-state index contributed by atoms with van der Waals surface area (Å²) in [6.45, 7) is 3.19. The van der Waals surface area contributed by atoms with Crippen molar-refractivity contribution in [2.45, 2.75) is 57.5 Å². The topological polar surface area (TPSA) is 54.3 Å². The Bertz CT molecular complexity index is 734. The van der Waals surface area contributed by atoms with Gasteiger partial charge >= 0.3 is 0 Å². The third kappa shape index (κ3) is 2.88. The van der Waals surface area contributed by atoms with Crippen LogP contribution in [0.25, 0.3) is 11.0 Å². The highest BCUT2D eigenvalue weighted by Gasteiger charge is 2.23. The summed E-state index contributed by atoms with van der Waals surface area (Å²) in [6.07, 6.45) is 7.85. The van der Waals surface area contributed by atoms with Gasteiger partial charge in [-0.3, -0.25) is 4.79 Å². The van der Waals surface area contributed by atoms with Gasteiger partial charge in [0.2, 0.25) is 5.91 Å². The van der Waals surface area contributed by atoms with E-state index >= 15 is 0 Å². The number of fused-ring (bicyclic) bond motifs is 2. The summed E-state index contributed by atoms with van der Waals surface area (Å²) >= 11 is 0. The molecule has 122 valence electrons. The molecule has 23 heavy (non-hydrogen) atoms. The average Bonchev–Trinajstić information content (AvgIpc) is 3.14. The number of aryl methyl sites for hydroxylation is 2. The summed E-state index contributed by atoms with van der Waals surface area (Å²) in [5.74, 6) is 0.0914. The van der Waals surface area contributed by atoms with Crippen molar-refractivity contribution < 1.29 is 9.21 Å². The van der Waals surface area contributed by atoms with Gasteiger partial charge in [-0.2, -0.15) is 0 Å². The number of hydrogen-bond donors (Lipinski definition) is 2. The predicted molar refractivity (Wildman–Crippen MR) is 90.6 cm³/mol. The van der Waals surface area contributed by atoms with Crippen LogP contribution < -0.4 is 10.6 Å². The van der Waals surface area contributed by atoms with Crippen LogP contribution in [0.2, 0.25) is 0 Å². The van der Waals surface area contributed by atoms with Crippen molar-refractivity contribution in [3.05, 3.63) is 35.1 Å². The summed E-state index contributed by atoms with van der Waals surface area (Å²) in [7, 11) is 0. The number of benzene rings is 1. The van der Waals surface area contributed by atoms with Crippen LogP contribution in [0.1, 0.15) is 42.9 Å². The first-order valence-electron chi connectivity index (χ1n) is 8.75. The zero-order valence-corrected chi connectivity index (χ0v) is 13.7. The molecule has 1 aromatic carbocycles. The van der Waals surface area contributed by atoms with E-state index in [0.29, 0.717) is 12.5 Å². The summed E-state index contributed by atoms with van der Waals surface area (Å²) in [5.41, 5.74) is 4.75. The normalized spacial score (nSPS) is 23.9. The number of nitrogens with one attached hydrogen (secondary N) is 2. The Morgan fingerprint density at radius 3 is 2.96 bits per heavy atom. The van der Waals surface area contributed by atoms with E-state index in [2.05, 4.69) is 29.7 Å². The second-order valence-corrected chi connectivity index (χ2v) is 6.97. The monoisotopic (exact) mass is 312 g/mol. The Morgan fingerprint density at radius 1 is 1.30 bits per heavy atom. The van der Waals surface area contributed by atoms with Crippen LogP contribution in [-0.2, 0) is 24.1 Å². The van der Waals surface area contributed by atoms with Gasteiger partial charge in [-0.15, -0.1) is 0 Å². The number of furan rings is 1. The highest BCUT2D eigenvalue weighted by Crippen LogP contribution is 2.30. The van der Waals surface area contributed by atoms with Crippen molar-refractivity contribution in [2.75, 3.05) is 6.54 Å². The largest absolute Gasteiger partial charge is 0.464 e. The number of carbonyl (C=O) groups is 1. The summed E-state index contributed by atoms with van der Waals surface area (Å²) < 4.78 is 5.69. The van der Waals surface area contributed by atoms with Gasteiger partial charge in [-0.1, -0.05) is 0 Å². The average molecular weight is 312 g/mol. The van der Waals surface area contributed by atoms with Crippen molar-refractivity contribution in [1.29, 1.82) is 0 Å². The van der Waals surface area contributed by atoms with Gasteiger partial charge in [0.25, 0.3) is 0 Å². The van der Waals surface area contributed by atoms with E-state index in [1.165, 1.54) is 17.5 Å². The molecule has 4 rings (SSSR count). The molecule has 2 unspecified atom stereocenters. The molecular formula is C19H24N2O2. The van der Waals surface area contributed by atoms with Crippen molar-refractivity contribution in [3.63, 3.8) is 0 Å². The molecule has 2 aromatic rings. The van der Waals surface area contributed by atoms with Crippen LogP contribution in [0, 0.1) is 0 Å². The Labute approximate surface area is 136 Å². The first kappa shape index (κ1) is 14.8. The smallest absolute Gasteiger partial charge is 0.224 e. The van der Waals surface area contributed by atoms with Gasteiger partial charge in [0.1, 0.15) is 5.58 Å². The molecule has 1 fully saturated rings. The van der Waals surface area contributed by atoms with Gasteiger partial charge in [0.15, 0.2) is 0 Å². The molecule has 1 aliphatic heterocycles. The van der Waals surface area contributed by atoms with E-state index < -0.39 is 0 Å². The lowest BCUT2D eigenvalue weighted by Gasteiger charge is -2.30. The van der Waals surface area contributed by atoms with Crippen molar-refractivity contribution in [3.8, 4) is 0 Å². The van der Waals surface area contributed by atoms with E-state index in [4.69, 9.17) is 4.42 Å². The molecule has 2 aliphatic rings. The maximum absolute atomic E-state index is 12.4. The molecule has 1 aliphatic carbocycles. The molecule has 1 saturated heterocycles. The number of rotatable bonds is 3. The first-order valence-corrected chi connectivity index (χ1v) is 8.75. The lowest BCUT2D eigenvalue weighted by Crippen LogP contribution is -2.52. The molecule has 1 aromatic heterocycles. The highest BCUT2D eigenvalue weighted by molar-refractivity contribution is 5.88. The minimum atomic E-state index is 0.0914. The molecule has 4 heteroatoms. The number of amides is 1. The van der Waals surface area contributed by atoms with E-state index in [9.17, 15) is 4.79 Å². The summed E-state index contributed by atoms with van der Waals surface area (Å²) in [4.78, 5) is 12.4. The first-order chi connectivity index (χ1) is 11.2. The van der Waals surface area contributed by atoms with Crippen molar-refractivity contribution >= 4 is 16.9 Å². The lowest BCUT2D eigenvalue weighted by molar-refractivity contribution is -0.121. The van der Waals surface area contributed by atoms with Crippen molar-refractivity contribution in [2.24, 2.45) is 0 Å². The third-order valence-corrected chi connectivity index (χ3v) is 5.33. The lowest BCUT2D eigenvalue weighted by atomic mass is 9.99. The second kappa shape index (κ2) is 6.00. The molecule has 0 saturated carbocycles. The van der Waals surface area contributed by atoms with Crippen LogP contribution in [0.15, 0.2) is 22.8 Å². The van der Waals surface area contributed by atoms with Gasteiger partial charge < -0.3 is 15.1 Å². The zero-order chi connectivity index (χ0) is 15.8. The Hall–Kier alpha value is -1.81. The summed E-state index contributed by atoms with van der Waals surface area (Å²) in [6, 6.07) is 4.97. The number of hydrogen-bond acceptors (Lipinski definition) is 3. The van der Waals surface area contributed by atoms with Crippen LogP contribution >= 0.6 is 0 Å². The maximum atomic E-state index is 12.4. The minimum Gasteiger partial charge on any atom is -0.464 e. The van der Waals surface area contributed by atoms with E-state index in [-0.39, 0.29) is 11.9 Å². The Kier molecular flexibility index (Phi) is 3.85. The van der Waals surface area contributed by atoms with E-state index in [1.807, 2.05) is 0 Å². The number of carbonyl (C=O) groups excluding carboxylic acids is 1. The van der Waals surface area contributed by atoms with Crippen molar-refractivity contribution in [1.82, 2.24) is 10.6 Å². The van der Waals surface area contributed by atoms with Crippen LogP contribution in [-0.4, -0.2) is 24.5 Å². The predicted octanol–water partition coefficient (Wildman–Crippen LogP) is 2.72. The molecular weight excluding hydrogens is 288 g/mol. The highest BCUT2D eigenvalue weighted by atomic mass is 16.3. The second-order valence-electron chi connectivity index (χ2n) is 6.97. The quantitative estimate of drug-likeness (QED) is 0.916. The standard InChI is InChI=1S/C19H24N2O2/c1-12-17(6-3-7-20-12)21-19(22)10-15-11-23-18-9-14-5-2-4-13(14)8-16(15)18/h8-9,11-12,17,20H,2-7,10H2,1H3,(H,21,22). The fourth-order valence-electron chi connectivity index (χ4n) is 3.96. The van der Waals surface area contributed by atoms with Gasteiger partial charge in [-0.05, 0) is 68.8 Å². The molecule has 2 atom stereocenters. The fraction of sp³-hybridized carbons (Fsp3) is 0.526. The van der Waals surface area contributed by atoms with Crippen LogP contribution in [0.4, 0.5) is 0 Å². The van der Waals surface area contributed by atoms with E-state index in [1.54, 1.807) is 6.26 Å². The maximum Gasteiger partial charge on any atom is 0.224 e. The Morgan fingerprint density at radius 2 is 2.13 bits per heavy atom. The van der Waals surface area contributed by atoms with Crippen LogP contribution in [0.5, 0.6) is 0 Å². The fourth-order valence-corrected chi connectivity index (χ4v) is 3.96. The van der Waals surface area contributed by atoms with Crippen LogP contribution in [0.3, 0.4) is 0 Å². The molecule has 2 heterocycles.